The fourth-order valence-electron chi connectivity index (χ4n) is 1.95. The Morgan fingerprint density at radius 2 is 1.90 bits per heavy atom. The summed E-state index contributed by atoms with van der Waals surface area (Å²) in [4.78, 5) is 35.7. The van der Waals surface area contributed by atoms with Crippen LogP contribution >= 0.6 is 12.2 Å². The molecular formula is C12H12N4O4S. The van der Waals surface area contributed by atoms with Crippen LogP contribution in [0.25, 0.3) is 0 Å². The van der Waals surface area contributed by atoms with Crippen molar-refractivity contribution in [1.29, 1.82) is 0 Å². The number of amides is 2. The molecule has 1 aromatic carbocycles. The molecule has 0 unspecified atom stereocenters. The fraction of sp³-hybridized carbons (Fsp3) is 0.167. The first kappa shape index (κ1) is 14.7. The van der Waals surface area contributed by atoms with Gasteiger partial charge in [-0.2, -0.15) is 0 Å². The third-order valence-corrected chi connectivity index (χ3v) is 2.95. The number of hydrogen-bond acceptors (Lipinski definition) is 5. The highest BCUT2D eigenvalue weighted by atomic mass is 32.1. The Labute approximate surface area is 124 Å². The van der Waals surface area contributed by atoms with E-state index in [4.69, 9.17) is 5.73 Å². The summed E-state index contributed by atoms with van der Waals surface area (Å²) in [5.74, 6) is -2.09. The largest absolute Gasteiger partial charge is 0.478 e. The van der Waals surface area contributed by atoms with Crippen LogP contribution < -0.4 is 21.5 Å². The van der Waals surface area contributed by atoms with E-state index in [1.54, 1.807) is 0 Å². The van der Waals surface area contributed by atoms with Crippen LogP contribution in [-0.2, 0) is 9.59 Å². The molecule has 5 N–H and O–H groups in total. The Hall–Kier alpha value is -2.68. The molecule has 0 spiro atoms. The molecule has 0 radical (unpaired) electrons. The van der Waals surface area contributed by atoms with E-state index in [1.165, 1.54) is 18.2 Å². The number of carboxylic acid groups (broad SMARTS) is 1. The molecule has 1 heterocycles. The number of thiocarbonyl (C=S) groups is 1. The molecule has 21 heavy (non-hydrogen) atoms. The molecule has 1 aliphatic rings. The van der Waals surface area contributed by atoms with Crippen molar-refractivity contribution in [2.75, 3.05) is 10.3 Å². The number of carbonyl (C=O) groups is 3. The maximum Gasteiger partial charge on any atom is 0.337 e. The molecule has 1 aliphatic heterocycles. The molecular weight excluding hydrogens is 296 g/mol. The van der Waals surface area contributed by atoms with Crippen molar-refractivity contribution in [3.8, 4) is 0 Å². The second kappa shape index (κ2) is 5.75. The molecule has 110 valence electrons. The lowest BCUT2D eigenvalue weighted by Crippen LogP contribution is -2.34. The minimum Gasteiger partial charge on any atom is -0.478 e. The molecule has 0 aliphatic carbocycles. The van der Waals surface area contributed by atoms with Crippen molar-refractivity contribution in [2.24, 2.45) is 5.73 Å². The molecule has 9 heteroatoms. The summed E-state index contributed by atoms with van der Waals surface area (Å²) in [6.45, 7) is 0. The zero-order valence-corrected chi connectivity index (χ0v) is 11.6. The highest BCUT2D eigenvalue weighted by Gasteiger charge is 2.33. The van der Waals surface area contributed by atoms with E-state index in [0.717, 1.165) is 4.90 Å². The zero-order valence-electron chi connectivity index (χ0n) is 10.8. The number of aromatic carboxylic acids is 1. The molecule has 1 saturated heterocycles. The lowest BCUT2D eigenvalue weighted by Gasteiger charge is -2.18. The van der Waals surface area contributed by atoms with Gasteiger partial charge in [-0.05, 0) is 30.4 Å². The number of carbonyl (C=O) groups excluding carboxylic acids is 2. The summed E-state index contributed by atoms with van der Waals surface area (Å²) in [7, 11) is 0. The second-order valence-corrected chi connectivity index (χ2v) is 4.71. The SMILES string of the molecule is NC(=S)NNc1ccc(C(=O)O)c(N2C(=O)CCC2=O)c1. The fourth-order valence-corrected chi connectivity index (χ4v) is 2.01. The molecule has 0 atom stereocenters. The van der Waals surface area contributed by atoms with E-state index in [9.17, 15) is 19.5 Å². The first-order valence-electron chi connectivity index (χ1n) is 5.94. The first-order chi connectivity index (χ1) is 9.90. The van der Waals surface area contributed by atoms with Crippen LogP contribution in [0.5, 0.6) is 0 Å². The summed E-state index contributed by atoms with van der Waals surface area (Å²) in [5, 5.41) is 9.17. The molecule has 2 rings (SSSR count). The first-order valence-corrected chi connectivity index (χ1v) is 6.35. The standard InChI is InChI=1S/C12H12N4O4S/c13-12(21)15-14-6-1-2-7(11(19)20)8(5-6)16-9(17)3-4-10(16)18/h1-2,5,14H,3-4H2,(H,19,20)(H3,13,15,21). The highest BCUT2D eigenvalue weighted by Crippen LogP contribution is 2.29. The molecule has 1 fully saturated rings. The molecule has 0 saturated carbocycles. The van der Waals surface area contributed by atoms with Crippen molar-refractivity contribution in [3.05, 3.63) is 23.8 Å². The number of hydrogen-bond donors (Lipinski definition) is 4. The summed E-state index contributed by atoms with van der Waals surface area (Å²) in [6, 6.07) is 4.12. The smallest absolute Gasteiger partial charge is 0.337 e. The van der Waals surface area contributed by atoms with Gasteiger partial charge < -0.3 is 10.8 Å². The Morgan fingerprint density at radius 1 is 1.29 bits per heavy atom. The van der Waals surface area contributed by atoms with Gasteiger partial charge in [-0.3, -0.25) is 20.4 Å². The van der Waals surface area contributed by atoms with Gasteiger partial charge in [0, 0.05) is 12.8 Å². The summed E-state index contributed by atoms with van der Waals surface area (Å²) in [5.41, 5.74) is 10.7. The lowest BCUT2D eigenvalue weighted by atomic mass is 10.1. The van der Waals surface area contributed by atoms with Crippen molar-refractivity contribution < 1.29 is 19.5 Å². The summed E-state index contributed by atoms with van der Waals surface area (Å²) >= 11 is 4.63. The number of nitrogens with two attached hydrogens (primary N) is 1. The number of carboxylic acids is 1. The van der Waals surface area contributed by atoms with E-state index >= 15 is 0 Å². The van der Waals surface area contributed by atoms with E-state index in [0.29, 0.717) is 5.69 Å². The van der Waals surface area contributed by atoms with Gasteiger partial charge in [-0.25, -0.2) is 9.69 Å². The number of imide groups is 1. The normalized spacial score (nSPS) is 14.2. The van der Waals surface area contributed by atoms with Crippen molar-refractivity contribution in [2.45, 2.75) is 12.8 Å². The Balaban J connectivity index is 2.42. The van der Waals surface area contributed by atoms with Crippen LogP contribution in [0.4, 0.5) is 11.4 Å². The molecule has 0 aromatic heterocycles. The van der Waals surface area contributed by atoms with E-state index in [-0.39, 0.29) is 29.2 Å². The minimum atomic E-state index is -1.23. The number of benzene rings is 1. The van der Waals surface area contributed by atoms with Gasteiger partial charge in [-0.1, -0.05) is 0 Å². The molecule has 8 nitrogen and oxygen atoms in total. The van der Waals surface area contributed by atoms with E-state index < -0.39 is 17.8 Å². The van der Waals surface area contributed by atoms with Crippen LogP contribution in [0.15, 0.2) is 18.2 Å². The van der Waals surface area contributed by atoms with Gasteiger partial charge in [0.25, 0.3) is 0 Å². The summed E-state index contributed by atoms with van der Waals surface area (Å²) < 4.78 is 0. The molecule has 1 aromatic rings. The number of nitrogens with one attached hydrogen (secondary N) is 2. The maximum absolute atomic E-state index is 11.8. The number of anilines is 2. The van der Waals surface area contributed by atoms with Crippen LogP contribution in [0.3, 0.4) is 0 Å². The van der Waals surface area contributed by atoms with Gasteiger partial charge in [0.2, 0.25) is 11.8 Å². The molecule has 2 amide bonds. The van der Waals surface area contributed by atoms with Gasteiger partial charge in [0.15, 0.2) is 5.11 Å². The number of hydrazine groups is 1. The van der Waals surface area contributed by atoms with E-state index in [2.05, 4.69) is 23.1 Å². The van der Waals surface area contributed by atoms with Crippen molar-refractivity contribution >= 4 is 46.5 Å². The topological polar surface area (TPSA) is 125 Å². The van der Waals surface area contributed by atoms with Crippen molar-refractivity contribution in [1.82, 2.24) is 5.43 Å². The Kier molecular flexibility index (Phi) is 4.03. The zero-order chi connectivity index (χ0) is 15.6. The number of nitrogens with zero attached hydrogens (tertiary/aromatic N) is 1. The predicted octanol–water partition coefficient (Wildman–Crippen LogP) is 0.198. The third kappa shape index (κ3) is 3.08. The maximum atomic E-state index is 11.8. The van der Waals surface area contributed by atoms with Gasteiger partial charge >= 0.3 is 5.97 Å². The van der Waals surface area contributed by atoms with Crippen LogP contribution in [-0.4, -0.2) is 28.0 Å². The van der Waals surface area contributed by atoms with E-state index in [1.807, 2.05) is 0 Å². The van der Waals surface area contributed by atoms with Gasteiger partial charge in [0.1, 0.15) is 0 Å². The quantitative estimate of drug-likeness (QED) is 0.353. The second-order valence-electron chi connectivity index (χ2n) is 4.27. The highest BCUT2D eigenvalue weighted by molar-refractivity contribution is 7.80. The predicted molar refractivity (Wildman–Crippen MR) is 78.7 cm³/mol. The monoisotopic (exact) mass is 308 g/mol. The Morgan fingerprint density at radius 3 is 2.43 bits per heavy atom. The van der Waals surface area contributed by atoms with Crippen LogP contribution in [0, 0.1) is 0 Å². The Bertz CT molecular complexity index is 630. The third-order valence-electron chi connectivity index (χ3n) is 2.85. The number of rotatable bonds is 4. The van der Waals surface area contributed by atoms with Crippen molar-refractivity contribution in [3.63, 3.8) is 0 Å². The average molecular weight is 308 g/mol. The lowest BCUT2D eigenvalue weighted by molar-refractivity contribution is -0.121. The minimum absolute atomic E-state index is 0.00723. The average Bonchev–Trinajstić information content (AvgIpc) is 2.75. The van der Waals surface area contributed by atoms with Gasteiger partial charge in [0.05, 0.1) is 16.9 Å². The van der Waals surface area contributed by atoms with Gasteiger partial charge in [-0.15, -0.1) is 0 Å². The van der Waals surface area contributed by atoms with Crippen LogP contribution in [0.1, 0.15) is 23.2 Å². The molecule has 0 bridgehead atoms. The summed E-state index contributed by atoms with van der Waals surface area (Å²) in [6.07, 6.45) is 0.140. The van der Waals surface area contributed by atoms with Crippen LogP contribution in [0.2, 0.25) is 0 Å².